The Labute approximate surface area is 133 Å². The number of aromatic nitrogens is 2. The highest BCUT2D eigenvalue weighted by Gasteiger charge is 2.28. The van der Waals surface area contributed by atoms with Crippen molar-refractivity contribution in [2.75, 3.05) is 0 Å². The molecule has 124 valence electrons. The summed E-state index contributed by atoms with van der Waals surface area (Å²) in [6, 6.07) is 0.965. The van der Waals surface area contributed by atoms with Crippen molar-refractivity contribution in [1.82, 2.24) is 20.4 Å². The minimum Gasteiger partial charge on any atom is -0.354 e. The molecule has 0 spiro atoms. The molecule has 3 atom stereocenters. The summed E-state index contributed by atoms with van der Waals surface area (Å²) in [6.07, 6.45) is 9.28. The van der Waals surface area contributed by atoms with Crippen LogP contribution >= 0.6 is 0 Å². The van der Waals surface area contributed by atoms with Gasteiger partial charge in [0.25, 0.3) is 0 Å². The number of hydrogen-bond acceptors (Lipinski definition) is 3. The maximum atomic E-state index is 12.2. The topological polar surface area (TPSA) is 59.0 Å². The first kappa shape index (κ1) is 17.0. The molecule has 1 aliphatic carbocycles. The zero-order valence-electron chi connectivity index (χ0n) is 14.3. The fourth-order valence-electron chi connectivity index (χ4n) is 3.34. The monoisotopic (exact) mass is 306 g/mol. The van der Waals surface area contributed by atoms with Gasteiger partial charge in [-0.05, 0) is 39.5 Å². The standard InChI is InChI=1S/C17H30N4O/c1-5-16(14-10-18-21(4)11-14)20-15-8-6-7-13(9-15)17(22)19-12(2)3/h10-13,15-16,20H,5-9H2,1-4H3,(H,19,22). The lowest BCUT2D eigenvalue weighted by Crippen LogP contribution is -2.43. The van der Waals surface area contributed by atoms with E-state index in [1.54, 1.807) is 0 Å². The molecule has 1 fully saturated rings. The maximum Gasteiger partial charge on any atom is 0.223 e. The van der Waals surface area contributed by atoms with Gasteiger partial charge in [0, 0.05) is 42.9 Å². The second-order valence-electron chi connectivity index (χ2n) is 6.80. The predicted molar refractivity (Wildman–Crippen MR) is 88.4 cm³/mol. The SMILES string of the molecule is CCC(NC1CCCC(C(=O)NC(C)C)C1)c1cnn(C)c1. The van der Waals surface area contributed by atoms with E-state index in [0.717, 1.165) is 32.1 Å². The number of nitrogens with one attached hydrogen (secondary N) is 2. The predicted octanol–water partition coefficient (Wildman–Crippen LogP) is 2.54. The lowest BCUT2D eigenvalue weighted by Gasteiger charge is -2.32. The average Bonchev–Trinajstić information content (AvgIpc) is 2.91. The molecule has 1 aromatic heterocycles. The Hall–Kier alpha value is -1.36. The van der Waals surface area contributed by atoms with Gasteiger partial charge in [-0.15, -0.1) is 0 Å². The highest BCUT2D eigenvalue weighted by Crippen LogP contribution is 2.27. The summed E-state index contributed by atoms with van der Waals surface area (Å²) in [4.78, 5) is 12.2. The minimum absolute atomic E-state index is 0.153. The van der Waals surface area contributed by atoms with E-state index in [0.29, 0.717) is 12.1 Å². The van der Waals surface area contributed by atoms with Gasteiger partial charge in [0.2, 0.25) is 5.91 Å². The van der Waals surface area contributed by atoms with Gasteiger partial charge in [0.15, 0.2) is 0 Å². The molecule has 0 aromatic carbocycles. The molecule has 5 nitrogen and oxygen atoms in total. The van der Waals surface area contributed by atoms with E-state index in [4.69, 9.17) is 0 Å². The number of carbonyl (C=O) groups excluding carboxylic acids is 1. The van der Waals surface area contributed by atoms with E-state index in [1.807, 2.05) is 31.8 Å². The molecule has 5 heteroatoms. The van der Waals surface area contributed by atoms with Crippen molar-refractivity contribution in [3.63, 3.8) is 0 Å². The third-order valence-electron chi connectivity index (χ3n) is 4.45. The van der Waals surface area contributed by atoms with E-state index in [1.165, 1.54) is 5.56 Å². The van der Waals surface area contributed by atoms with Gasteiger partial charge in [0.1, 0.15) is 0 Å². The Kier molecular flexibility index (Phi) is 6.00. The number of hydrogen-bond donors (Lipinski definition) is 2. The van der Waals surface area contributed by atoms with Crippen LogP contribution in [-0.2, 0) is 11.8 Å². The Balaban J connectivity index is 1.92. The zero-order valence-corrected chi connectivity index (χ0v) is 14.3. The minimum atomic E-state index is 0.153. The third kappa shape index (κ3) is 4.57. The fraction of sp³-hybridized carbons (Fsp3) is 0.765. The van der Waals surface area contributed by atoms with Crippen LogP contribution in [0.3, 0.4) is 0 Å². The van der Waals surface area contributed by atoms with Crippen LogP contribution in [-0.4, -0.2) is 27.8 Å². The van der Waals surface area contributed by atoms with Crippen molar-refractivity contribution in [3.05, 3.63) is 18.0 Å². The van der Waals surface area contributed by atoms with Gasteiger partial charge in [-0.1, -0.05) is 13.3 Å². The van der Waals surface area contributed by atoms with Crippen molar-refractivity contribution in [1.29, 1.82) is 0 Å². The first-order valence-electron chi connectivity index (χ1n) is 8.54. The Morgan fingerprint density at radius 3 is 2.82 bits per heavy atom. The third-order valence-corrected chi connectivity index (χ3v) is 4.45. The Bertz CT molecular complexity index is 483. The largest absolute Gasteiger partial charge is 0.354 e. The van der Waals surface area contributed by atoms with Gasteiger partial charge in [-0.3, -0.25) is 9.48 Å². The number of aryl methyl sites for hydroxylation is 1. The molecular formula is C17H30N4O. The molecule has 1 saturated carbocycles. The summed E-state index contributed by atoms with van der Waals surface area (Å²) in [5.41, 5.74) is 1.23. The first-order valence-corrected chi connectivity index (χ1v) is 8.54. The summed E-state index contributed by atoms with van der Waals surface area (Å²) in [7, 11) is 1.95. The van der Waals surface area contributed by atoms with Crippen molar-refractivity contribution < 1.29 is 4.79 Å². The summed E-state index contributed by atoms with van der Waals surface area (Å²) in [6.45, 7) is 6.23. The molecule has 0 radical (unpaired) electrons. The normalized spacial score (nSPS) is 23.5. The van der Waals surface area contributed by atoms with Crippen molar-refractivity contribution in [2.24, 2.45) is 13.0 Å². The molecular weight excluding hydrogens is 276 g/mol. The van der Waals surface area contributed by atoms with Crippen LogP contribution in [0, 0.1) is 5.92 Å². The van der Waals surface area contributed by atoms with Crippen molar-refractivity contribution in [3.8, 4) is 0 Å². The first-order chi connectivity index (χ1) is 10.5. The molecule has 22 heavy (non-hydrogen) atoms. The van der Waals surface area contributed by atoms with Crippen molar-refractivity contribution >= 4 is 5.91 Å². The van der Waals surface area contributed by atoms with Crippen LogP contribution in [0.2, 0.25) is 0 Å². The summed E-state index contributed by atoms with van der Waals surface area (Å²) in [5, 5.41) is 11.1. The molecule has 0 saturated heterocycles. The summed E-state index contributed by atoms with van der Waals surface area (Å²) < 4.78 is 1.85. The highest BCUT2D eigenvalue weighted by atomic mass is 16.1. The molecule has 1 aliphatic rings. The average molecular weight is 306 g/mol. The molecule has 3 unspecified atom stereocenters. The van der Waals surface area contributed by atoms with E-state index >= 15 is 0 Å². The number of rotatable bonds is 6. The molecule has 0 aliphatic heterocycles. The molecule has 1 heterocycles. The van der Waals surface area contributed by atoms with Gasteiger partial charge in [0.05, 0.1) is 6.20 Å². The summed E-state index contributed by atoms with van der Waals surface area (Å²) in [5.74, 6) is 0.371. The zero-order chi connectivity index (χ0) is 16.1. The lowest BCUT2D eigenvalue weighted by molar-refractivity contribution is -0.126. The smallest absolute Gasteiger partial charge is 0.223 e. The van der Waals surface area contributed by atoms with Crippen LogP contribution in [0.5, 0.6) is 0 Å². The van der Waals surface area contributed by atoms with E-state index < -0.39 is 0 Å². The van der Waals surface area contributed by atoms with E-state index in [2.05, 4.69) is 28.9 Å². The van der Waals surface area contributed by atoms with Crippen LogP contribution in [0.1, 0.15) is 64.5 Å². The van der Waals surface area contributed by atoms with Gasteiger partial charge in [-0.2, -0.15) is 5.10 Å². The van der Waals surface area contributed by atoms with Crippen LogP contribution in [0.15, 0.2) is 12.4 Å². The number of nitrogens with zero attached hydrogens (tertiary/aromatic N) is 2. The molecule has 1 amide bonds. The molecule has 0 bridgehead atoms. The molecule has 1 aromatic rings. The number of carbonyl (C=O) groups is 1. The molecule has 2 rings (SSSR count). The van der Waals surface area contributed by atoms with Gasteiger partial charge < -0.3 is 10.6 Å². The molecule has 2 N–H and O–H groups in total. The lowest BCUT2D eigenvalue weighted by atomic mass is 9.84. The quantitative estimate of drug-likeness (QED) is 0.849. The van der Waals surface area contributed by atoms with Crippen LogP contribution < -0.4 is 10.6 Å². The number of amides is 1. The Morgan fingerprint density at radius 2 is 2.23 bits per heavy atom. The van der Waals surface area contributed by atoms with Crippen LogP contribution in [0.25, 0.3) is 0 Å². The van der Waals surface area contributed by atoms with Crippen LogP contribution in [0.4, 0.5) is 0 Å². The van der Waals surface area contributed by atoms with E-state index in [-0.39, 0.29) is 17.9 Å². The summed E-state index contributed by atoms with van der Waals surface area (Å²) >= 11 is 0. The van der Waals surface area contributed by atoms with Crippen molar-refractivity contribution in [2.45, 2.75) is 71.0 Å². The second kappa shape index (κ2) is 7.77. The fourth-order valence-corrected chi connectivity index (χ4v) is 3.34. The second-order valence-corrected chi connectivity index (χ2v) is 6.80. The Morgan fingerprint density at radius 1 is 1.45 bits per heavy atom. The highest BCUT2D eigenvalue weighted by molar-refractivity contribution is 5.79. The van der Waals surface area contributed by atoms with Gasteiger partial charge in [-0.25, -0.2) is 0 Å². The van der Waals surface area contributed by atoms with Gasteiger partial charge >= 0.3 is 0 Å². The van der Waals surface area contributed by atoms with E-state index in [9.17, 15) is 4.79 Å². The maximum absolute atomic E-state index is 12.2.